The van der Waals surface area contributed by atoms with Crippen LogP contribution >= 0.6 is 24.1 Å². The summed E-state index contributed by atoms with van der Waals surface area (Å²) in [7, 11) is -4.99. The van der Waals surface area contributed by atoms with Crippen molar-refractivity contribution in [1.82, 2.24) is 0 Å². The first kappa shape index (κ1) is 30.1. The standard InChI is InChI=1S/C23H18N4O11S3/c24-14-7-5-12(6-8-14)23(29)25-17-11-15(39-37-35-30)9-13-10-19(41(32,33)34)21(22(28)20(13)17)27-26-16-3-1-2-4-18(16)40-38-36-31/h1-11,28,30-31H,24H2,(H,25,29)(H,32,33,34). The molecule has 4 aromatic rings. The van der Waals surface area contributed by atoms with E-state index in [9.17, 15) is 22.9 Å². The van der Waals surface area contributed by atoms with E-state index in [0.29, 0.717) is 29.8 Å². The van der Waals surface area contributed by atoms with E-state index in [2.05, 4.69) is 34.3 Å². The third-order valence-corrected chi connectivity index (χ3v) is 7.34. The van der Waals surface area contributed by atoms with Gasteiger partial charge >= 0.3 is 0 Å². The second-order valence-corrected chi connectivity index (χ2v) is 10.7. The highest BCUT2D eigenvalue weighted by Crippen LogP contribution is 2.46. The summed E-state index contributed by atoms with van der Waals surface area (Å²) >= 11 is 1.06. The van der Waals surface area contributed by atoms with E-state index in [1.54, 1.807) is 12.1 Å². The number of nitrogens with one attached hydrogen (secondary N) is 1. The highest BCUT2D eigenvalue weighted by molar-refractivity contribution is 7.94. The number of nitrogens with zero attached hydrogens (tertiary/aromatic N) is 2. The van der Waals surface area contributed by atoms with E-state index in [0.717, 1.165) is 6.07 Å². The number of phenolic OH excluding ortho intramolecular Hbond substituents is 1. The number of carbonyl (C=O) groups excluding carboxylic acids is 1. The molecule has 0 aliphatic rings. The van der Waals surface area contributed by atoms with Gasteiger partial charge < -0.3 is 16.2 Å². The first-order chi connectivity index (χ1) is 19.6. The van der Waals surface area contributed by atoms with E-state index >= 15 is 0 Å². The average molecular weight is 623 g/mol. The number of fused-ring (bicyclic) bond motifs is 1. The Kier molecular flexibility index (Phi) is 9.73. The first-order valence-corrected chi connectivity index (χ1v) is 13.8. The Morgan fingerprint density at radius 3 is 2.29 bits per heavy atom. The van der Waals surface area contributed by atoms with Gasteiger partial charge in [-0.25, -0.2) is 10.5 Å². The van der Waals surface area contributed by atoms with Gasteiger partial charge in [-0.3, -0.25) is 9.35 Å². The van der Waals surface area contributed by atoms with Gasteiger partial charge in [-0.2, -0.15) is 8.42 Å². The maximum absolute atomic E-state index is 13.0. The highest BCUT2D eigenvalue weighted by Gasteiger charge is 2.25. The van der Waals surface area contributed by atoms with Crippen molar-refractivity contribution < 1.29 is 52.1 Å². The van der Waals surface area contributed by atoms with E-state index in [1.165, 1.54) is 48.5 Å². The minimum Gasteiger partial charge on any atom is -0.505 e. The fourth-order valence-electron chi connectivity index (χ4n) is 3.55. The third kappa shape index (κ3) is 7.28. The maximum Gasteiger partial charge on any atom is 0.296 e. The van der Waals surface area contributed by atoms with Gasteiger partial charge in [0.1, 0.15) is 16.3 Å². The summed E-state index contributed by atoms with van der Waals surface area (Å²) in [5, 5.41) is 45.8. The number of benzene rings is 4. The molecule has 0 spiro atoms. The average Bonchev–Trinajstić information content (AvgIpc) is 2.94. The molecule has 4 aromatic carbocycles. The molecule has 0 unspecified atom stereocenters. The molecule has 41 heavy (non-hydrogen) atoms. The molecule has 0 bridgehead atoms. The molecule has 0 aromatic heterocycles. The van der Waals surface area contributed by atoms with Gasteiger partial charge in [0.15, 0.2) is 5.75 Å². The van der Waals surface area contributed by atoms with Crippen molar-refractivity contribution in [3.8, 4) is 5.75 Å². The molecule has 0 aliphatic carbocycles. The number of aromatic hydroxyl groups is 1. The second kappa shape index (κ2) is 13.2. The molecule has 0 saturated heterocycles. The quantitative estimate of drug-likeness (QED) is 0.0286. The lowest BCUT2D eigenvalue weighted by molar-refractivity contribution is -0.432. The summed E-state index contributed by atoms with van der Waals surface area (Å²) in [5.41, 5.74) is 5.73. The van der Waals surface area contributed by atoms with E-state index in [1.807, 2.05) is 0 Å². The zero-order chi connectivity index (χ0) is 29.6. The fourth-order valence-corrected chi connectivity index (χ4v) is 5.09. The van der Waals surface area contributed by atoms with Crippen molar-refractivity contribution in [2.75, 3.05) is 11.1 Å². The molecule has 15 nitrogen and oxygen atoms in total. The zero-order valence-electron chi connectivity index (χ0n) is 20.2. The summed E-state index contributed by atoms with van der Waals surface area (Å²) in [4.78, 5) is 12.6. The van der Waals surface area contributed by atoms with Crippen LogP contribution in [0.15, 0.2) is 91.6 Å². The number of nitrogen functional groups attached to an aromatic ring is 1. The van der Waals surface area contributed by atoms with Gasteiger partial charge in [0.2, 0.25) is 0 Å². The van der Waals surface area contributed by atoms with Crippen molar-refractivity contribution in [2.24, 2.45) is 10.2 Å². The second-order valence-electron chi connectivity index (χ2n) is 7.81. The van der Waals surface area contributed by atoms with Crippen LogP contribution in [0.2, 0.25) is 0 Å². The van der Waals surface area contributed by atoms with Gasteiger partial charge in [-0.05, 0) is 60.0 Å². The molecule has 0 fully saturated rings. The van der Waals surface area contributed by atoms with Crippen LogP contribution in [0.5, 0.6) is 5.75 Å². The number of carbonyl (C=O) groups is 1. The Morgan fingerprint density at radius 2 is 1.61 bits per heavy atom. The summed E-state index contributed by atoms with van der Waals surface area (Å²) in [6.07, 6.45) is 0. The Labute approximate surface area is 239 Å². The number of nitrogens with two attached hydrogens (primary N) is 1. The fraction of sp³-hybridized carbons (Fsp3) is 0. The number of phenols is 1. The Hall–Kier alpha value is -3.82. The summed E-state index contributed by atoms with van der Waals surface area (Å²) in [6.45, 7) is 0. The number of hydrogen-bond donors (Lipinski definition) is 6. The number of rotatable bonds is 11. The molecule has 7 N–H and O–H groups in total. The minimum atomic E-state index is -4.99. The van der Waals surface area contributed by atoms with Crippen LogP contribution < -0.4 is 11.1 Å². The largest absolute Gasteiger partial charge is 0.505 e. The van der Waals surface area contributed by atoms with E-state index in [4.69, 9.17) is 16.2 Å². The summed E-state index contributed by atoms with van der Waals surface area (Å²) in [6, 6.07) is 15.8. The van der Waals surface area contributed by atoms with Crippen LogP contribution in [0.3, 0.4) is 0 Å². The predicted molar refractivity (Wildman–Crippen MR) is 146 cm³/mol. The van der Waals surface area contributed by atoms with E-state index < -0.39 is 32.4 Å². The number of azo groups is 1. The predicted octanol–water partition coefficient (Wildman–Crippen LogP) is 5.90. The zero-order valence-corrected chi connectivity index (χ0v) is 22.6. The molecule has 214 valence electrons. The molecule has 0 atom stereocenters. The Morgan fingerprint density at radius 1 is 0.927 bits per heavy atom. The molecule has 0 heterocycles. The molecule has 4 rings (SSSR count). The lowest BCUT2D eigenvalue weighted by Crippen LogP contribution is -2.12. The smallest absolute Gasteiger partial charge is 0.296 e. The Bertz CT molecular complexity index is 1720. The summed E-state index contributed by atoms with van der Waals surface area (Å²) < 4.78 is 43.4. The molecular weight excluding hydrogens is 604 g/mol. The van der Waals surface area contributed by atoms with E-state index in [-0.39, 0.29) is 37.5 Å². The molecule has 0 saturated carbocycles. The lowest BCUT2D eigenvalue weighted by atomic mass is 10.1. The van der Waals surface area contributed by atoms with Crippen LogP contribution in [0.1, 0.15) is 10.4 Å². The monoisotopic (exact) mass is 622 g/mol. The topological polar surface area (TPSA) is 232 Å². The molecule has 18 heteroatoms. The third-order valence-electron chi connectivity index (χ3n) is 5.26. The van der Waals surface area contributed by atoms with Crippen molar-refractivity contribution in [3.05, 3.63) is 72.3 Å². The molecular formula is C23H18N4O11S3. The minimum absolute atomic E-state index is 0.0117. The first-order valence-electron chi connectivity index (χ1n) is 10.9. The van der Waals surface area contributed by atoms with Gasteiger partial charge in [-0.15, -0.1) is 18.9 Å². The number of amides is 1. The van der Waals surface area contributed by atoms with Crippen LogP contribution in [-0.4, -0.2) is 34.5 Å². The van der Waals surface area contributed by atoms with Crippen molar-refractivity contribution in [2.45, 2.75) is 14.7 Å². The van der Waals surface area contributed by atoms with Gasteiger partial charge in [-0.1, -0.05) is 22.2 Å². The van der Waals surface area contributed by atoms with Gasteiger partial charge in [0.05, 0.1) is 34.7 Å². The summed E-state index contributed by atoms with van der Waals surface area (Å²) in [5.74, 6) is -1.38. The van der Waals surface area contributed by atoms with Crippen LogP contribution in [0, 0.1) is 0 Å². The van der Waals surface area contributed by atoms with Crippen molar-refractivity contribution in [1.29, 1.82) is 0 Å². The lowest BCUT2D eigenvalue weighted by Gasteiger charge is -2.15. The number of hydrogen-bond acceptors (Lipinski definition) is 15. The highest BCUT2D eigenvalue weighted by atomic mass is 32.2. The van der Waals surface area contributed by atoms with Crippen LogP contribution in [0.25, 0.3) is 10.8 Å². The van der Waals surface area contributed by atoms with Gasteiger partial charge in [0, 0.05) is 21.5 Å². The number of anilines is 2. The van der Waals surface area contributed by atoms with Crippen LogP contribution in [0.4, 0.5) is 22.7 Å². The normalized spacial score (nSPS) is 11.8. The van der Waals surface area contributed by atoms with Crippen molar-refractivity contribution in [3.63, 3.8) is 0 Å². The maximum atomic E-state index is 13.0. The van der Waals surface area contributed by atoms with Gasteiger partial charge in [0.25, 0.3) is 16.0 Å². The molecule has 0 aliphatic heterocycles. The molecule has 1 amide bonds. The van der Waals surface area contributed by atoms with Crippen molar-refractivity contribution >= 4 is 73.6 Å². The SMILES string of the molecule is Nc1ccc(C(=O)Nc2cc(SOOO)cc3cc(S(=O)(=O)O)c(N=Nc4ccccc4SOOO)c(O)c23)cc1. The van der Waals surface area contributed by atoms with Crippen LogP contribution in [-0.2, 0) is 28.9 Å². The molecule has 0 radical (unpaired) electrons. The Balaban J connectivity index is 1.90.